The molecular formula is C13H13F2N3O2. The number of aliphatic hydroxyl groups excluding tert-OH is 1. The second-order valence-electron chi connectivity index (χ2n) is 4.81. The molecule has 0 saturated carbocycles. The number of hydrogen-bond donors (Lipinski definition) is 2. The van der Waals surface area contributed by atoms with Crippen LogP contribution in [0.3, 0.4) is 0 Å². The van der Waals surface area contributed by atoms with Crippen molar-refractivity contribution in [2.24, 2.45) is 0 Å². The number of benzene rings is 1. The maximum atomic E-state index is 13.5. The first kappa shape index (κ1) is 13.1. The summed E-state index contributed by atoms with van der Waals surface area (Å²) in [6, 6.07) is 3.20. The maximum absolute atomic E-state index is 13.5. The lowest BCUT2D eigenvalue weighted by molar-refractivity contribution is 0.191. The van der Waals surface area contributed by atoms with Gasteiger partial charge in [-0.15, -0.1) is 0 Å². The molecule has 0 amide bonds. The van der Waals surface area contributed by atoms with Gasteiger partial charge in [0.2, 0.25) is 5.89 Å². The lowest BCUT2D eigenvalue weighted by Crippen LogP contribution is -2.15. The first-order chi connectivity index (χ1) is 9.61. The lowest BCUT2D eigenvalue weighted by Gasteiger charge is -2.01. The molecule has 106 valence electrons. The zero-order chi connectivity index (χ0) is 14.1. The Morgan fingerprint density at radius 3 is 2.95 bits per heavy atom. The van der Waals surface area contributed by atoms with Crippen molar-refractivity contribution in [3.63, 3.8) is 0 Å². The van der Waals surface area contributed by atoms with Crippen LogP contribution in [0.15, 0.2) is 22.7 Å². The monoisotopic (exact) mass is 281 g/mol. The van der Waals surface area contributed by atoms with Gasteiger partial charge in [-0.05, 0) is 18.1 Å². The van der Waals surface area contributed by atoms with Crippen molar-refractivity contribution in [2.75, 3.05) is 6.54 Å². The van der Waals surface area contributed by atoms with Crippen molar-refractivity contribution >= 4 is 0 Å². The van der Waals surface area contributed by atoms with Gasteiger partial charge < -0.3 is 14.9 Å². The van der Waals surface area contributed by atoms with E-state index in [1.54, 1.807) is 0 Å². The molecule has 3 rings (SSSR count). The van der Waals surface area contributed by atoms with E-state index in [0.29, 0.717) is 30.2 Å². The highest BCUT2D eigenvalue weighted by Gasteiger charge is 2.28. The van der Waals surface area contributed by atoms with E-state index < -0.39 is 17.7 Å². The third-order valence-corrected chi connectivity index (χ3v) is 3.25. The maximum Gasteiger partial charge on any atom is 0.243 e. The Morgan fingerprint density at radius 2 is 2.25 bits per heavy atom. The number of aromatic nitrogens is 2. The summed E-state index contributed by atoms with van der Waals surface area (Å²) in [5, 5.41) is 16.3. The molecule has 0 unspecified atom stereocenters. The normalized spacial score (nSPS) is 22.4. The van der Waals surface area contributed by atoms with Gasteiger partial charge in [-0.2, -0.15) is 4.98 Å². The van der Waals surface area contributed by atoms with Crippen molar-refractivity contribution in [3.8, 4) is 0 Å². The zero-order valence-corrected chi connectivity index (χ0v) is 10.5. The van der Waals surface area contributed by atoms with Crippen LogP contribution in [-0.2, 0) is 6.42 Å². The summed E-state index contributed by atoms with van der Waals surface area (Å²) in [5.41, 5.74) is 0.304. The Morgan fingerprint density at radius 1 is 1.40 bits per heavy atom. The van der Waals surface area contributed by atoms with Crippen molar-refractivity contribution in [1.82, 2.24) is 15.5 Å². The standard InChI is InChI=1S/C13H13F2N3O2/c14-8-2-1-7(10(15)4-8)3-12-17-13(20-18-12)11-5-9(19)6-16-11/h1-2,4,9,11,16,19H,3,5-6H2/t9-,11-/m0/s1. The summed E-state index contributed by atoms with van der Waals surface area (Å²) in [5.74, 6) is -0.553. The van der Waals surface area contributed by atoms with E-state index in [1.165, 1.54) is 12.1 Å². The molecule has 0 radical (unpaired) electrons. The van der Waals surface area contributed by atoms with E-state index in [9.17, 15) is 13.9 Å². The average molecular weight is 281 g/mol. The molecule has 2 heterocycles. The summed E-state index contributed by atoms with van der Waals surface area (Å²) in [6.07, 6.45) is 0.210. The molecule has 0 spiro atoms. The molecule has 2 aromatic rings. The minimum Gasteiger partial charge on any atom is -0.392 e. The molecule has 20 heavy (non-hydrogen) atoms. The fraction of sp³-hybridized carbons (Fsp3) is 0.385. The van der Waals surface area contributed by atoms with E-state index in [2.05, 4.69) is 15.5 Å². The Hall–Kier alpha value is -1.86. The highest BCUT2D eigenvalue weighted by molar-refractivity contribution is 5.21. The van der Waals surface area contributed by atoms with E-state index >= 15 is 0 Å². The summed E-state index contributed by atoms with van der Waals surface area (Å²) < 4.78 is 31.4. The third kappa shape index (κ3) is 2.68. The van der Waals surface area contributed by atoms with Crippen LogP contribution in [0, 0.1) is 11.6 Å². The van der Waals surface area contributed by atoms with Gasteiger partial charge in [0.25, 0.3) is 0 Å². The quantitative estimate of drug-likeness (QED) is 0.888. The predicted octanol–water partition coefficient (Wildman–Crippen LogP) is 1.33. The van der Waals surface area contributed by atoms with Gasteiger partial charge in [-0.25, -0.2) is 8.78 Å². The van der Waals surface area contributed by atoms with E-state index in [1.807, 2.05) is 0 Å². The van der Waals surface area contributed by atoms with E-state index in [-0.39, 0.29) is 12.5 Å². The molecule has 7 heteroatoms. The van der Waals surface area contributed by atoms with Crippen molar-refractivity contribution in [2.45, 2.75) is 25.0 Å². The Kier molecular flexibility index (Phi) is 3.45. The number of nitrogens with zero attached hydrogens (tertiary/aromatic N) is 2. The van der Waals surface area contributed by atoms with Crippen LogP contribution >= 0.6 is 0 Å². The van der Waals surface area contributed by atoms with Crippen LogP contribution in [0.1, 0.15) is 29.7 Å². The Labute approximate surface area is 113 Å². The van der Waals surface area contributed by atoms with E-state index in [0.717, 1.165) is 6.07 Å². The highest BCUT2D eigenvalue weighted by atomic mass is 19.1. The molecule has 1 aliphatic rings. The van der Waals surface area contributed by atoms with Crippen molar-refractivity contribution in [1.29, 1.82) is 0 Å². The molecule has 2 atom stereocenters. The molecule has 5 nitrogen and oxygen atoms in total. The number of β-amino-alcohol motifs (C(OH)–C–C–N with tert-alkyl or cyclic N) is 1. The first-order valence-electron chi connectivity index (χ1n) is 6.29. The summed E-state index contributed by atoms with van der Waals surface area (Å²) in [7, 11) is 0. The van der Waals surface area contributed by atoms with Crippen LogP contribution < -0.4 is 5.32 Å². The number of nitrogens with one attached hydrogen (secondary N) is 1. The van der Waals surface area contributed by atoms with Gasteiger partial charge in [0.05, 0.1) is 12.1 Å². The van der Waals surface area contributed by atoms with Gasteiger partial charge in [-0.3, -0.25) is 0 Å². The minimum absolute atomic E-state index is 0.130. The lowest BCUT2D eigenvalue weighted by atomic mass is 10.1. The Balaban J connectivity index is 1.74. The van der Waals surface area contributed by atoms with E-state index in [4.69, 9.17) is 4.52 Å². The van der Waals surface area contributed by atoms with Crippen LogP contribution in [0.4, 0.5) is 8.78 Å². The van der Waals surface area contributed by atoms with Crippen LogP contribution in [0.25, 0.3) is 0 Å². The van der Waals surface area contributed by atoms with Gasteiger partial charge in [0.15, 0.2) is 5.82 Å². The fourth-order valence-corrected chi connectivity index (χ4v) is 2.22. The Bertz CT molecular complexity index is 617. The molecular weight excluding hydrogens is 268 g/mol. The van der Waals surface area contributed by atoms with Gasteiger partial charge in [0, 0.05) is 19.0 Å². The van der Waals surface area contributed by atoms with Gasteiger partial charge in [-0.1, -0.05) is 11.2 Å². The third-order valence-electron chi connectivity index (χ3n) is 3.25. The highest BCUT2D eigenvalue weighted by Crippen LogP contribution is 2.22. The molecule has 1 aromatic carbocycles. The van der Waals surface area contributed by atoms with Crippen molar-refractivity contribution in [3.05, 3.63) is 47.1 Å². The molecule has 0 aliphatic carbocycles. The molecule has 1 saturated heterocycles. The largest absolute Gasteiger partial charge is 0.392 e. The molecule has 1 aliphatic heterocycles. The van der Waals surface area contributed by atoms with Crippen LogP contribution in [0.5, 0.6) is 0 Å². The van der Waals surface area contributed by atoms with Gasteiger partial charge in [0.1, 0.15) is 11.6 Å². The second-order valence-corrected chi connectivity index (χ2v) is 4.81. The summed E-state index contributed by atoms with van der Waals surface area (Å²) >= 11 is 0. The van der Waals surface area contributed by atoms with Gasteiger partial charge >= 0.3 is 0 Å². The molecule has 0 bridgehead atoms. The predicted molar refractivity (Wildman–Crippen MR) is 64.8 cm³/mol. The SMILES string of the molecule is O[C@@H]1CN[C@H](c2nc(Cc3ccc(F)cc3F)no2)C1. The topological polar surface area (TPSA) is 71.2 Å². The summed E-state index contributed by atoms with van der Waals surface area (Å²) in [6.45, 7) is 0.481. The molecule has 1 aromatic heterocycles. The number of halogens is 2. The second kappa shape index (κ2) is 5.26. The zero-order valence-electron chi connectivity index (χ0n) is 10.5. The number of aliphatic hydroxyl groups is 1. The summed E-state index contributed by atoms with van der Waals surface area (Å²) in [4.78, 5) is 4.17. The molecule has 1 fully saturated rings. The van der Waals surface area contributed by atoms with Crippen LogP contribution in [0.2, 0.25) is 0 Å². The van der Waals surface area contributed by atoms with Crippen LogP contribution in [-0.4, -0.2) is 27.9 Å². The van der Waals surface area contributed by atoms with Crippen molar-refractivity contribution < 1.29 is 18.4 Å². The smallest absolute Gasteiger partial charge is 0.243 e. The minimum atomic E-state index is -0.634. The fourth-order valence-electron chi connectivity index (χ4n) is 2.22. The average Bonchev–Trinajstić information content (AvgIpc) is 3.02. The number of rotatable bonds is 3. The number of hydrogen-bond acceptors (Lipinski definition) is 5. The first-order valence-corrected chi connectivity index (χ1v) is 6.29. The molecule has 2 N–H and O–H groups in total.